The SMILES string of the molecule is CCCCCC(=O)NN=Cc1ccc(O)cc1. The molecule has 1 aromatic rings. The number of hydrogen-bond donors (Lipinski definition) is 2. The number of aromatic hydroxyl groups is 1. The van der Waals surface area contributed by atoms with E-state index in [1.807, 2.05) is 0 Å². The fraction of sp³-hybridized carbons (Fsp3) is 0.385. The summed E-state index contributed by atoms with van der Waals surface area (Å²) in [6.07, 6.45) is 5.13. The van der Waals surface area contributed by atoms with Crippen molar-refractivity contribution in [1.82, 2.24) is 5.43 Å². The molecule has 0 unspecified atom stereocenters. The van der Waals surface area contributed by atoms with Crippen molar-refractivity contribution in [3.63, 3.8) is 0 Å². The monoisotopic (exact) mass is 234 g/mol. The second-order valence-corrected chi connectivity index (χ2v) is 3.84. The van der Waals surface area contributed by atoms with Crippen LogP contribution in [0.5, 0.6) is 5.75 Å². The number of nitrogens with one attached hydrogen (secondary N) is 1. The number of benzene rings is 1. The first kappa shape index (κ1) is 13.2. The lowest BCUT2D eigenvalue weighted by Crippen LogP contribution is -2.16. The van der Waals surface area contributed by atoms with Crippen LogP contribution in [-0.4, -0.2) is 17.2 Å². The molecule has 0 aromatic heterocycles. The molecule has 0 bridgehead atoms. The summed E-state index contributed by atoms with van der Waals surface area (Å²) in [7, 11) is 0. The Morgan fingerprint density at radius 3 is 2.71 bits per heavy atom. The van der Waals surface area contributed by atoms with E-state index in [1.54, 1.807) is 30.5 Å². The van der Waals surface area contributed by atoms with Gasteiger partial charge in [-0.3, -0.25) is 4.79 Å². The van der Waals surface area contributed by atoms with Gasteiger partial charge in [-0.1, -0.05) is 19.8 Å². The molecule has 1 aromatic carbocycles. The van der Waals surface area contributed by atoms with Crippen molar-refractivity contribution < 1.29 is 9.90 Å². The third kappa shape index (κ3) is 5.70. The average molecular weight is 234 g/mol. The zero-order valence-corrected chi connectivity index (χ0v) is 10.0. The fourth-order valence-electron chi connectivity index (χ4n) is 1.33. The number of unbranched alkanes of at least 4 members (excludes halogenated alkanes) is 2. The van der Waals surface area contributed by atoms with E-state index < -0.39 is 0 Å². The summed E-state index contributed by atoms with van der Waals surface area (Å²) in [6, 6.07) is 6.60. The van der Waals surface area contributed by atoms with Crippen molar-refractivity contribution in [2.45, 2.75) is 32.6 Å². The summed E-state index contributed by atoms with van der Waals surface area (Å²) in [5.74, 6) is 0.152. The molecule has 1 amide bonds. The molecule has 2 N–H and O–H groups in total. The van der Waals surface area contributed by atoms with Crippen LogP contribution in [0.25, 0.3) is 0 Å². The van der Waals surface area contributed by atoms with E-state index in [4.69, 9.17) is 5.11 Å². The maximum absolute atomic E-state index is 11.3. The molecule has 0 spiro atoms. The topological polar surface area (TPSA) is 61.7 Å². The number of rotatable bonds is 6. The minimum absolute atomic E-state index is 0.0616. The molecule has 0 radical (unpaired) electrons. The minimum Gasteiger partial charge on any atom is -0.508 e. The highest BCUT2D eigenvalue weighted by Crippen LogP contribution is 2.07. The summed E-state index contributed by atoms with van der Waals surface area (Å²) >= 11 is 0. The summed E-state index contributed by atoms with van der Waals surface area (Å²) < 4.78 is 0. The van der Waals surface area contributed by atoms with Crippen molar-refractivity contribution in [2.75, 3.05) is 0 Å². The van der Waals surface area contributed by atoms with Gasteiger partial charge in [-0.05, 0) is 36.2 Å². The predicted octanol–water partition coefficient (Wildman–Crippen LogP) is 2.42. The van der Waals surface area contributed by atoms with Crippen LogP contribution in [0.3, 0.4) is 0 Å². The number of hydrazone groups is 1. The Bertz CT molecular complexity index is 372. The highest BCUT2D eigenvalue weighted by molar-refractivity contribution is 5.82. The van der Waals surface area contributed by atoms with Crippen LogP contribution in [0.15, 0.2) is 29.4 Å². The molecular weight excluding hydrogens is 216 g/mol. The smallest absolute Gasteiger partial charge is 0.240 e. The van der Waals surface area contributed by atoms with Crippen LogP contribution >= 0.6 is 0 Å². The van der Waals surface area contributed by atoms with Gasteiger partial charge in [-0.15, -0.1) is 0 Å². The number of carbonyl (C=O) groups excluding carboxylic acids is 1. The van der Waals surface area contributed by atoms with Crippen molar-refractivity contribution in [3.8, 4) is 5.75 Å². The quantitative estimate of drug-likeness (QED) is 0.451. The van der Waals surface area contributed by atoms with Gasteiger partial charge in [0.2, 0.25) is 5.91 Å². The van der Waals surface area contributed by atoms with Gasteiger partial charge in [0, 0.05) is 6.42 Å². The number of phenolic OH excluding ortho intramolecular Hbond substituents is 1. The lowest BCUT2D eigenvalue weighted by Gasteiger charge is -1.98. The molecule has 17 heavy (non-hydrogen) atoms. The van der Waals surface area contributed by atoms with Crippen LogP contribution in [0.1, 0.15) is 38.2 Å². The molecule has 4 heteroatoms. The number of phenols is 1. The first-order valence-electron chi connectivity index (χ1n) is 5.83. The lowest BCUT2D eigenvalue weighted by molar-refractivity contribution is -0.121. The van der Waals surface area contributed by atoms with E-state index in [9.17, 15) is 4.79 Å². The maximum atomic E-state index is 11.3. The molecule has 0 saturated heterocycles. The molecule has 0 aliphatic heterocycles. The van der Waals surface area contributed by atoms with Gasteiger partial charge in [0.25, 0.3) is 0 Å². The van der Waals surface area contributed by atoms with Crippen molar-refractivity contribution in [1.29, 1.82) is 0 Å². The lowest BCUT2D eigenvalue weighted by atomic mass is 10.2. The van der Waals surface area contributed by atoms with Gasteiger partial charge in [0.15, 0.2) is 0 Å². The van der Waals surface area contributed by atoms with E-state index in [0.717, 1.165) is 24.8 Å². The zero-order valence-electron chi connectivity index (χ0n) is 10.0. The highest BCUT2D eigenvalue weighted by Gasteiger charge is 1.97. The Morgan fingerprint density at radius 2 is 2.06 bits per heavy atom. The van der Waals surface area contributed by atoms with E-state index in [2.05, 4.69) is 17.5 Å². The first-order chi connectivity index (χ1) is 8.22. The average Bonchev–Trinajstić information content (AvgIpc) is 2.32. The van der Waals surface area contributed by atoms with Crippen molar-refractivity contribution >= 4 is 12.1 Å². The molecule has 0 saturated carbocycles. The van der Waals surface area contributed by atoms with E-state index >= 15 is 0 Å². The number of carbonyl (C=O) groups is 1. The first-order valence-corrected chi connectivity index (χ1v) is 5.83. The fourth-order valence-corrected chi connectivity index (χ4v) is 1.33. The normalized spacial score (nSPS) is 10.6. The van der Waals surface area contributed by atoms with Crippen LogP contribution < -0.4 is 5.43 Å². The van der Waals surface area contributed by atoms with Gasteiger partial charge in [0.1, 0.15) is 5.75 Å². The summed E-state index contributed by atoms with van der Waals surface area (Å²) in [4.78, 5) is 11.3. The van der Waals surface area contributed by atoms with Gasteiger partial charge in [0.05, 0.1) is 6.21 Å². The molecule has 0 fully saturated rings. The van der Waals surface area contributed by atoms with Crippen LogP contribution in [0.4, 0.5) is 0 Å². The van der Waals surface area contributed by atoms with E-state index in [1.165, 1.54) is 0 Å². The molecule has 0 aliphatic carbocycles. The Balaban J connectivity index is 2.29. The molecule has 1 rings (SSSR count). The predicted molar refractivity (Wildman–Crippen MR) is 68.0 cm³/mol. The Labute approximate surface area is 101 Å². The highest BCUT2D eigenvalue weighted by atomic mass is 16.3. The van der Waals surface area contributed by atoms with Gasteiger partial charge in [-0.2, -0.15) is 5.10 Å². The number of hydrogen-bond acceptors (Lipinski definition) is 3. The summed E-state index contributed by atoms with van der Waals surface area (Å²) in [6.45, 7) is 2.10. The minimum atomic E-state index is -0.0616. The molecule has 0 heterocycles. The Morgan fingerprint density at radius 1 is 1.35 bits per heavy atom. The molecule has 0 atom stereocenters. The molecule has 4 nitrogen and oxygen atoms in total. The van der Waals surface area contributed by atoms with Crippen LogP contribution in [0, 0.1) is 0 Å². The third-order valence-electron chi connectivity index (χ3n) is 2.30. The third-order valence-corrected chi connectivity index (χ3v) is 2.30. The van der Waals surface area contributed by atoms with Crippen LogP contribution in [0.2, 0.25) is 0 Å². The second kappa shape index (κ2) is 7.44. The van der Waals surface area contributed by atoms with Crippen LogP contribution in [-0.2, 0) is 4.79 Å². The maximum Gasteiger partial charge on any atom is 0.240 e. The second-order valence-electron chi connectivity index (χ2n) is 3.84. The van der Waals surface area contributed by atoms with E-state index in [-0.39, 0.29) is 11.7 Å². The molecule has 0 aliphatic rings. The van der Waals surface area contributed by atoms with Gasteiger partial charge in [-0.25, -0.2) is 5.43 Å². The summed E-state index contributed by atoms with van der Waals surface area (Å²) in [5.41, 5.74) is 3.30. The van der Waals surface area contributed by atoms with Crippen molar-refractivity contribution in [2.24, 2.45) is 5.10 Å². The molecular formula is C13H18N2O2. The van der Waals surface area contributed by atoms with Crippen molar-refractivity contribution in [3.05, 3.63) is 29.8 Å². The molecule has 92 valence electrons. The standard InChI is InChI=1S/C13H18N2O2/c1-2-3-4-5-13(17)15-14-10-11-6-8-12(16)9-7-11/h6-10,16H,2-5H2,1H3,(H,15,17). The number of amides is 1. The largest absolute Gasteiger partial charge is 0.508 e. The summed E-state index contributed by atoms with van der Waals surface area (Å²) in [5, 5.41) is 12.9. The zero-order chi connectivity index (χ0) is 12.5. The number of nitrogens with zero attached hydrogens (tertiary/aromatic N) is 1. The Hall–Kier alpha value is -1.84. The van der Waals surface area contributed by atoms with Gasteiger partial charge >= 0.3 is 0 Å². The van der Waals surface area contributed by atoms with Gasteiger partial charge < -0.3 is 5.11 Å². The van der Waals surface area contributed by atoms with E-state index in [0.29, 0.717) is 6.42 Å². The Kier molecular flexibility index (Phi) is 5.79.